The predicted octanol–water partition coefficient (Wildman–Crippen LogP) is 3.52. The first-order valence-electron chi connectivity index (χ1n) is 8.23. The van der Waals surface area contributed by atoms with Gasteiger partial charge in [-0.25, -0.2) is 9.18 Å². The highest BCUT2D eigenvalue weighted by molar-refractivity contribution is 5.68. The fraction of sp³-hybridized carbons (Fsp3) is 0.611. The molecule has 1 fully saturated rings. The van der Waals surface area contributed by atoms with Crippen molar-refractivity contribution in [3.8, 4) is 0 Å². The van der Waals surface area contributed by atoms with Gasteiger partial charge in [0.1, 0.15) is 11.4 Å². The summed E-state index contributed by atoms with van der Waals surface area (Å²) < 4.78 is 18.9. The summed E-state index contributed by atoms with van der Waals surface area (Å²) in [5, 5.41) is 0. The maximum atomic E-state index is 13.4. The van der Waals surface area contributed by atoms with Crippen molar-refractivity contribution in [3.63, 3.8) is 0 Å². The van der Waals surface area contributed by atoms with E-state index in [0.717, 1.165) is 18.4 Å². The molecule has 0 saturated carbocycles. The summed E-state index contributed by atoms with van der Waals surface area (Å²) in [4.78, 5) is 13.9. The van der Waals surface area contributed by atoms with Crippen LogP contribution < -0.4 is 5.73 Å². The number of nitrogens with zero attached hydrogens (tertiary/aromatic N) is 1. The average molecular weight is 322 g/mol. The summed E-state index contributed by atoms with van der Waals surface area (Å²) in [5.41, 5.74) is 6.41. The molecule has 0 aliphatic carbocycles. The Kier molecular flexibility index (Phi) is 5.63. The van der Waals surface area contributed by atoms with Gasteiger partial charge in [-0.05, 0) is 69.7 Å². The number of likely N-dealkylation sites (tertiary alicyclic amines) is 1. The number of piperidine rings is 1. The fourth-order valence-corrected chi connectivity index (χ4v) is 3.15. The molecule has 1 aromatic carbocycles. The van der Waals surface area contributed by atoms with Crippen molar-refractivity contribution in [1.82, 2.24) is 4.90 Å². The van der Waals surface area contributed by atoms with Crippen LogP contribution in [0.1, 0.15) is 45.1 Å². The van der Waals surface area contributed by atoms with E-state index in [1.54, 1.807) is 17.0 Å². The molecule has 1 aromatic rings. The number of benzene rings is 1. The number of rotatable bonds is 3. The Morgan fingerprint density at radius 2 is 2.04 bits per heavy atom. The molecule has 2 N–H and O–H groups in total. The molecule has 0 spiro atoms. The number of carbonyl (C=O) groups is 1. The fourth-order valence-electron chi connectivity index (χ4n) is 3.15. The maximum Gasteiger partial charge on any atom is 0.410 e. The highest BCUT2D eigenvalue weighted by Crippen LogP contribution is 2.32. The van der Waals surface area contributed by atoms with Crippen molar-refractivity contribution in [2.75, 3.05) is 19.6 Å². The Bertz CT molecular complexity index is 534. The normalized spacial score (nSPS) is 17.9. The average Bonchev–Trinajstić information content (AvgIpc) is 2.47. The zero-order valence-corrected chi connectivity index (χ0v) is 14.2. The second-order valence-electron chi connectivity index (χ2n) is 7.20. The van der Waals surface area contributed by atoms with E-state index >= 15 is 0 Å². The summed E-state index contributed by atoms with van der Waals surface area (Å²) in [6.07, 6.45) is 1.46. The number of amides is 1. The molecule has 1 saturated heterocycles. The molecular formula is C18H27FN2O2. The van der Waals surface area contributed by atoms with Crippen LogP contribution in [0.25, 0.3) is 0 Å². The lowest BCUT2D eigenvalue weighted by Gasteiger charge is -2.36. The van der Waals surface area contributed by atoms with Gasteiger partial charge >= 0.3 is 6.09 Å². The minimum absolute atomic E-state index is 0.131. The van der Waals surface area contributed by atoms with Gasteiger partial charge in [0, 0.05) is 13.1 Å². The van der Waals surface area contributed by atoms with Crippen molar-refractivity contribution >= 4 is 6.09 Å². The molecule has 4 nitrogen and oxygen atoms in total. The summed E-state index contributed by atoms with van der Waals surface area (Å²) >= 11 is 0. The van der Waals surface area contributed by atoms with Crippen LogP contribution in [0.15, 0.2) is 24.3 Å². The molecule has 2 rings (SSSR count). The minimum atomic E-state index is -0.477. The lowest BCUT2D eigenvalue weighted by Crippen LogP contribution is -2.43. The van der Waals surface area contributed by atoms with E-state index in [9.17, 15) is 9.18 Å². The molecule has 1 atom stereocenters. The summed E-state index contributed by atoms with van der Waals surface area (Å²) in [6.45, 7) is 7.40. The third-order valence-corrected chi connectivity index (χ3v) is 4.29. The topological polar surface area (TPSA) is 55.6 Å². The van der Waals surface area contributed by atoms with Crippen molar-refractivity contribution in [2.24, 2.45) is 11.7 Å². The summed E-state index contributed by atoms with van der Waals surface area (Å²) in [7, 11) is 0. The molecule has 1 amide bonds. The molecule has 5 heteroatoms. The highest BCUT2D eigenvalue weighted by atomic mass is 19.1. The number of carbonyl (C=O) groups excluding carboxylic acids is 1. The molecule has 1 aliphatic heterocycles. The zero-order valence-electron chi connectivity index (χ0n) is 14.2. The molecule has 0 bridgehead atoms. The van der Waals surface area contributed by atoms with E-state index in [2.05, 4.69) is 0 Å². The molecule has 128 valence electrons. The smallest absolute Gasteiger partial charge is 0.410 e. The standard InChI is InChI=1S/C18H27FN2O2/c1-18(2,3)23-17(22)21-9-7-13(8-10-21)16(12-20)14-5-4-6-15(19)11-14/h4-6,11,13,16H,7-10,12,20H2,1-3H3. The number of hydrogen-bond acceptors (Lipinski definition) is 3. The number of nitrogens with two attached hydrogens (primary N) is 1. The summed E-state index contributed by atoms with van der Waals surface area (Å²) in [6, 6.07) is 6.67. The van der Waals surface area contributed by atoms with Gasteiger partial charge in [-0.1, -0.05) is 12.1 Å². The van der Waals surface area contributed by atoms with Crippen LogP contribution in [-0.2, 0) is 4.74 Å². The number of halogens is 1. The Morgan fingerprint density at radius 3 is 2.57 bits per heavy atom. The summed E-state index contributed by atoms with van der Waals surface area (Å²) in [5.74, 6) is 0.263. The third-order valence-electron chi connectivity index (χ3n) is 4.29. The van der Waals surface area contributed by atoms with Gasteiger partial charge in [-0.3, -0.25) is 0 Å². The van der Waals surface area contributed by atoms with Gasteiger partial charge in [0.15, 0.2) is 0 Å². The lowest BCUT2D eigenvalue weighted by atomic mass is 9.80. The van der Waals surface area contributed by atoms with Crippen LogP contribution in [0.2, 0.25) is 0 Å². The van der Waals surface area contributed by atoms with E-state index < -0.39 is 5.60 Å². The zero-order chi connectivity index (χ0) is 17.0. The first-order valence-corrected chi connectivity index (χ1v) is 8.23. The van der Waals surface area contributed by atoms with Gasteiger partial charge in [-0.15, -0.1) is 0 Å². The van der Waals surface area contributed by atoms with Crippen LogP contribution >= 0.6 is 0 Å². The molecule has 1 unspecified atom stereocenters. The first kappa shape index (κ1) is 17.7. The minimum Gasteiger partial charge on any atom is -0.444 e. The SMILES string of the molecule is CC(C)(C)OC(=O)N1CCC(C(CN)c2cccc(F)c2)CC1. The van der Waals surface area contributed by atoms with Gasteiger partial charge < -0.3 is 15.4 Å². The Hall–Kier alpha value is -1.62. The van der Waals surface area contributed by atoms with E-state index in [1.807, 2.05) is 26.8 Å². The van der Waals surface area contributed by atoms with Gasteiger partial charge in [0.05, 0.1) is 0 Å². The van der Waals surface area contributed by atoms with E-state index in [4.69, 9.17) is 10.5 Å². The monoisotopic (exact) mass is 322 g/mol. The van der Waals surface area contributed by atoms with Gasteiger partial charge in [0.25, 0.3) is 0 Å². The van der Waals surface area contributed by atoms with Crippen molar-refractivity contribution in [2.45, 2.75) is 45.1 Å². The van der Waals surface area contributed by atoms with Gasteiger partial charge in [0.2, 0.25) is 0 Å². The molecular weight excluding hydrogens is 295 g/mol. The lowest BCUT2D eigenvalue weighted by molar-refractivity contribution is 0.0175. The second-order valence-corrected chi connectivity index (χ2v) is 7.20. The number of hydrogen-bond donors (Lipinski definition) is 1. The second kappa shape index (κ2) is 7.30. The molecule has 0 radical (unpaired) electrons. The largest absolute Gasteiger partial charge is 0.444 e. The van der Waals surface area contributed by atoms with Crippen LogP contribution in [0.5, 0.6) is 0 Å². The van der Waals surface area contributed by atoms with Crippen molar-refractivity contribution < 1.29 is 13.9 Å². The van der Waals surface area contributed by atoms with E-state index in [1.165, 1.54) is 6.07 Å². The first-order chi connectivity index (χ1) is 10.8. The molecule has 23 heavy (non-hydrogen) atoms. The Labute approximate surface area is 137 Å². The van der Waals surface area contributed by atoms with Crippen molar-refractivity contribution in [3.05, 3.63) is 35.6 Å². The van der Waals surface area contributed by atoms with Crippen LogP contribution in [0.3, 0.4) is 0 Å². The van der Waals surface area contributed by atoms with Crippen LogP contribution in [-0.4, -0.2) is 36.2 Å². The Morgan fingerprint density at radius 1 is 1.39 bits per heavy atom. The van der Waals surface area contributed by atoms with E-state index in [-0.39, 0.29) is 17.8 Å². The number of ether oxygens (including phenoxy) is 1. The predicted molar refractivity (Wildman–Crippen MR) is 88.7 cm³/mol. The Balaban J connectivity index is 1.96. The van der Waals surface area contributed by atoms with Crippen LogP contribution in [0.4, 0.5) is 9.18 Å². The molecule has 1 heterocycles. The van der Waals surface area contributed by atoms with Crippen molar-refractivity contribution in [1.29, 1.82) is 0 Å². The molecule has 0 aromatic heterocycles. The third kappa shape index (κ3) is 4.93. The molecule has 1 aliphatic rings. The highest BCUT2D eigenvalue weighted by Gasteiger charge is 2.30. The van der Waals surface area contributed by atoms with Gasteiger partial charge in [-0.2, -0.15) is 0 Å². The van der Waals surface area contributed by atoms with E-state index in [0.29, 0.717) is 25.6 Å². The quantitative estimate of drug-likeness (QED) is 0.926. The maximum absolute atomic E-state index is 13.4. The van der Waals surface area contributed by atoms with Crippen LogP contribution in [0, 0.1) is 11.7 Å².